The van der Waals surface area contributed by atoms with Gasteiger partial charge in [-0.25, -0.2) is 18.7 Å². The number of nitrogens with one attached hydrogen (secondary N) is 1. The highest BCUT2D eigenvalue weighted by molar-refractivity contribution is 6.34. The first-order valence-corrected chi connectivity index (χ1v) is 12.7. The molecule has 1 saturated heterocycles. The van der Waals surface area contributed by atoms with Crippen molar-refractivity contribution < 1.29 is 9.50 Å². The molecule has 7 nitrogen and oxygen atoms in total. The molecule has 0 bridgehead atoms. The fourth-order valence-corrected chi connectivity index (χ4v) is 5.30. The Balaban J connectivity index is 1.92. The Morgan fingerprint density at radius 2 is 1.95 bits per heavy atom. The van der Waals surface area contributed by atoms with Gasteiger partial charge >= 0.3 is 5.69 Å². The monoisotopic (exact) mass is 521 g/mol. The number of anilines is 1. The number of hydrogen-bond acceptors (Lipinski definition) is 6. The van der Waals surface area contributed by atoms with Crippen molar-refractivity contribution in [2.24, 2.45) is 0 Å². The minimum Gasteiger partial charge on any atom is -0.507 e. The number of phenolic OH excluding ortho intramolecular Hbond substituents is 1. The maximum atomic E-state index is 14.9. The van der Waals surface area contributed by atoms with Crippen molar-refractivity contribution in [3.63, 3.8) is 0 Å². The molecule has 192 valence electrons. The number of fused-ring (bicyclic) bond motifs is 1. The van der Waals surface area contributed by atoms with Gasteiger partial charge in [0.05, 0.1) is 27.4 Å². The summed E-state index contributed by atoms with van der Waals surface area (Å²) in [5, 5.41) is 14.6. The van der Waals surface area contributed by atoms with E-state index in [4.69, 9.17) is 16.6 Å². The van der Waals surface area contributed by atoms with Crippen LogP contribution in [0.2, 0.25) is 5.02 Å². The van der Waals surface area contributed by atoms with Gasteiger partial charge in [-0.05, 0) is 49.1 Å². The summed E-state index contributed by atoms with van der Waals surface area (Å²) in [5.41, 5.74) is 2.30. The third-order valence-electron chi connectivity index (χ3n) is 6.92. The number of pyridine rings is 1. The average molecular weight is 522 g/mol. The molecule has 1 fully saturated rings. The zero-order chi connectivity index (χ0) is 26.4. The molecule has 2 aromatic heterocycles. The van der Waals surface area contributed by atoms with Crippen LogP contribution < -0.4 is 15.9 Å². The van der Waals surface area contributed by atoms with Crippen LogP contribution in [0, 0.1) is 12.7 Å². The number of aromatic nitrogens is 3. The predicted molar refractivity (Wildman–Crippen MR) is 146 cm³/mol. The molecule has 3 heterocycles. The van der Waals surface area contributed by atoms with E-state index < -0.39 is 11.5 Å². The molecule has 2 N–H and O–H groups in total. The van der Waals surface area contributed by atoms with Crippen LogP contribution >= 0.6 is 11.6 Å². The van der Waals surface area contributed by atoms with Crippen LogP contribution in [-0.4, -0.2) is 45.3 Å². The molecule has 0 saturated carbocycles. The van der Waals surface area contributed by atoms with E-state index in [1.165, 1.54) is 22.8 Å². The lowest BCUT2D eigenvalue weighted by Gasteiger charge is -2.35. The van der Waals surface area contributed by atoms with Gasteiger partial charge in [-0.2, -0.15) is 4.98 Å². The number of para-hydroxylation sites is 1. The third-order valence-corrected chi connectivity index (χ3v) is 7.21. The molecule has 0 unspecified atom stereocenters. The van der Waals surface area contributed by atoms with Crippen molar-refractivity contribution in [1.82, 2.24) is 19.9 Å². The van der Waals surface area contributed by atoms with Crippen LogP contribution in [0.25, 0.3) is 28.0 Å². The van der Waals surface area contributed by atoms with Crippen molar-refractivity contribution in [2.75, 3.05) is 24.5 Å². The summed E-state index contributed by atoms with van der Waals surface area (Å²) in [6.45, 7) is 10.3. The fraction of sp³-hybridized carbons (Fsp3) is 0.321. The summed E-state index contributed by atoms with van der Waals surface area (Å²) < 4.78 is 16.4. The van der Waals surface area contributed by atoms with Gasteiger partial charge in [0.25, 0.3) is 0 Å². The van der Waals surface area contributed by atoms with Gasteiger partial charge in [0, 0.05) is 25.7 Å². The Morgan fingerprint density at radius 3 is 2.65 bits per heavy atom. The molecule has 0 spiro atoms. The Morgan fingerprint density at radius 1 is 1.19 bits per heavy atom. The number of aromatic hydroxyl groups is 1. The van der Waals surface area contributed by atoms with E-state index in [2.05, 4.69) is 36.0 Å². The quantitative estimate of drug-likeness (QED) is 0.385. The summed E-state index contributed by atoms with van der Waals surface area (Å²) in [5.74, 6) is -0.339. The summed E-state index contributed by atoms with van der Waals surface area (Å²) in [7, 11) is 0. The predicted octanol–water partition coefficient (Wildman–Crippen LogP) is 5.18. The van der Waals surface area contributed by atoms with E-state index in [0.717, 1.165) is 24.2 Å². The van der Waals surface area contributed by atoms with Gasteiger partial charge in [0.15, 0.2) is 5.65 Å². The number of nitrogens with zero attached hydrogens (tertiary/aromatic N) is 4. The van der Waals surface area contributed by atoms with Crippen molar-refractivity contribution in [3.8, 4) is 22.7 Å². The van der Waals surface area contributed by atoms with E-state index in [1.54, 1.807) is 6.07 Å². The van der Waals surface area contributed by atoms with Crippen molar-refractivity contribution in [1.29, 1.82) is 0 Å². The number of piperazine rings is 1. The average Bonchev–Trinajstić information content (AvgIpc) is 2.85. The topological polar surface area (TPSA) is 83.3 Å². The number of phenols is 1. The fourth-order valence-electron chi connectivity index (χ4n) is 5.06. The molecular formula is C28H29ClFN5O2. The Bertz CT molecular complexity index is 1550. The van der Waals surface area contributed by atoms with E-state index >= 15 is 0 Å². The van der Waals surface area contributed by atoms with Crippen LogP contribution in [0.3, 0.4) is 0 Å². The number of aryl methyl sites for hydroxylation is 1. The molecular weight excluding hydrogens is 493 g/mol. The zero-order valence-corrected chi connectivity index (χ0v) is 22.0. The Hall–Kier alpha value is -3.49. The van der Waals surface area contributed by atoms with Gasteiger partial charge in [0.2, 0.25) is 0 Å². The molecule has 4 aromatic rings. The highest BCUT2D eigenvalue weighted by Crippen LogP contribution is 2.39. The first kappa shape index (κ1) is 25.2. The van der Waals surface area contributed by atoms with Crippen LogP contribution in [0.15, 0.2) is 47.3 Å². The second kappa shape index (κ2) is 9.76. The van der Waals surface area contributed by atoms with Crippen molar-refractivity contribution in [2.45, 2.75) is 39.7 Å². The lowest BCUT2D eigenvalue weighted by atomic mass is 9.98. The van der Waals surface area contributed by atoms with E-state index in [9.17, 15) is 14.3 Å². The Labute approximate surface area is 219 Å². The molecule has 37 heavy (non-hydrogen) atoms. The Kier molecular flexibility index (Phi) is 6.64. The molecule has 0 aliphatic carbocycles. The summed E-state index contributed by atoms with van der Waals surface area (Å²) in [6.07, 6.45) is 0. The van der Waals surface area contributed by atoms with Gasteiger partial charge in [-0.3, -0.25) is 0 Å². The van der Waals surface area contributed by atoms with Gasteiger partial charge in [-0.1, -0.05) is 49.7 Å². The SMILES string of the molecule is Cc1cccc(C(C)C)c1-n1c(=O)nc(N2CCNC[C@@H]2C)c2cc(Cl)c(-c3c(O)cccc3F)nc21. The summed E-state index contributed by atoms with van der Waals surface area (Å²) in [4.78, 5) is 25.2. The third kappa shape index (κ3) is 4.34. The summed E-state index contributed by atoms with van der Waals surface area (Å²) in [6, 6.07) is 11.7. The maximum Gasteiger partial charge on any atom is 0.355 e. The first-order chi connectivity index (χ1) is 17.7. The number of hydrogen-bond donors (Lipinski definition) is 2. The lowest BCUT2D eigenvalue weighted by Crippen LogP contribution is -2.50. The van der Waals surface area contributed by atoms with E-state index in [-0.39, 0.29) is 34.0 Å². The molecule has 0 amide bonds. The smallest absolute Gasteiger partial charge is 0.355 e. The van der Waals surface area contributed by atoms with E-state index in [1.807, 2.05) is 25.1 Å². The van der Waals surface area contributed by atoms with Gasteiger partial charge in [-0.15, -0.1) is 0 Å². The molecule has 1 atom stereocenters. The molecule has 2 aromatic carbocycles. The van der Waals surface area contributed by atoms with Crippen LogP contribution in [0.4, 0.5) is 10.2 Å². The van der Waals surface area contributed by atoms with Crippen molar-refractivity contribution in [3.05, 3.63) is 74.9 Å². The minimum atomic E-state index is -0.661. The molecule has 1 aliphatic heterocycles. The minimum absolute atomic E-state index is 0.0584. The van der Waals surface area contributed by atoms with Crippen molar-refractivity contribution >= 4 is 28.5 Å². The van der Waals surface area contributed by atoms with Gasteiger partial charge in [0.1, 0.15) is 17.4 Å². The van der Waals surface area contributed by atoms with Crippen LogP contribution in [0.1, 0.15) is 37.8 Å². The number of halogens is 2. The second-order valence-corrected chi connectivity index (χ2v) is 10.2. The maximum absolute atomic E-state index is 14.9. The largest absolute Gasteiger partial charge is 0.507 e. The summed E-state index contributed by atoms with van der Waals surface area (Å²) >= 11 is 6.69. The van der Waals surface area contributed by atoms with Crippen LogP contribution in [0.5, 0.6) is 5.75 Å². The standard InChI is InChI=1S/C28H29ClFN5O2/c1-15(2)18-8-5-7-16(3)25(18)35-27-19(26(33-28(35)37)34-12-11-31-14-17(34)4)13-20(29)24(32-27)23-21(30)9-6-10-22(23)36/h5-10,13,15,17,31,36H,11-12,14H2,1-4H3/t17-/m0/s1. The molecule has 1 aliphatic rings. The molecule has 9 heteroatoms. The normalized spacial score (nSPS) is 16.1. The van der Waals surface area contributed by atoms with Crippen LogP contribution in [-0.2, 0) is 0 Å². The molecule has 5 rings (SSSR count). The highest BCUT2D eigenvalue weighted by atomic mass is 35.5. The first-order valence-electron chi connectivity index (χ1n) is 12.4. The number of rotatable bonds is 4. The van der Waals surface area contributed by atoms with Gasteiger partial charge < -0.3 is 15.3 Å². The van der Waals surface area contributed by atoms with E-state index in [0.29, 0.717) is 29.1 Å². The highest BCUT2D eigenvalue weighted by Gasteiger charge is 2.27. The lowest BCUT2D eigenvalue weighted by molar-refractivity contribution is 0.471. The second-order valence-electron chi connectivity index (χ2n) is 9.79. The number of benzene rings is 2. The molecule has 0 radical (unpaired) electrons. The zero-order valence-electron chi connectivity index (χ0n) is 21.2.